The molecule has 3 N–H and O–H groups in total. The number of nitrogens with two attached hydrogens (primary N) is 1. The Hall–Kier alpha value is -2.80. The van der Waals surface area contributed by atoms with Gasteiger partial charge in [0.2, 0.25) is 5.95 Å². The van der Waals surface area contributed by atoms with Crippen LogP contribution in [0.25, 0.3) is 10.9 Å². The van der Waals surface area contributed by atoms with Crippen molar-refractivity contribution in [3.63, 3.8) is 0 Å². The molecule has 7 heteroatoms. The van der Waals surface area contributed by atoms with Gasteiger partial charge in [0.1, 0.15) is 5.82 Å². The van der Waals surface area contributed by atoms with Crippen LogP contribution in [-0.2, 0) is 6.42 Å². The van der Waals surface area contributed by atoms with E-state index in [9.17, 15) is 8.78 Å². The van der Waals surface area contributed by atoms with E-state index in [4.69, 9.17) is 10.7 Å². The van der Waals surface area contributed by atoms with Crippen LogP contribution in [0.2, 0.25) is 0 Å². The molecule has 0 atom stereocenters. The highest BCUT2D eigenvalue weighted by molar-refractivity contribution is 5.90. The molecule has 1 aromatic heterocycles. The van der Waals surface area contributed by atoms with Crippen LogP contribution in [0.4, 0.5) is 20.5 Å². The predicted molar refractivity (Wildman–Crippen MR) is 123 cm³/mol. The zero-order valence-corrected chi connectivity index (χ0v) is 18.2. The molecule has 0 amide bonds. The maximum atomic E-state index is 12.5. The van der Waals surface area contributed by atoms with Gasteiger partial charge in [-0.1, -0.05) is 37.5 Å². The number of anilines is 2. The van der Waals surface area contributed by atoms with Crippen molar-refractivity contribution in [3.05, 3.63) is 59.7 Å². The quantitative estimate of drug-likeness (QED) is 0.606. The van der Waals surface area contributed by atoms with E-state index in [1.54, 1.807) is 0 Å². The Kier molecular flexibility index (Phi) is 8.12. The van der Waals surface area contributed by atoms with E-state index in [1.165, 1.54) is 44.2 Å². The third kappa shape index (κ3) is 6.34. The monoisotopic (exact) mass is 427 g/mol. The third-order valence-corrected chi connectivity index (χ3v) is 5.36. The summed E-state index contributed by atoms with van der Waals surface area (Å²) in [5, 5.41) is 4.62. The van der Waals surface area contributed by atoms with E-state index in [2.05, 4.69) is 27.3 Å². The van der Waals surface area contributed by atoms with Gasteiger partial charge >= 0.3 is 0 Å². The first-order valence-electron chi connectivity index (χ1n) is 10.8. The van der Waals surface area contributed by atoms with Gasteiger partial charge in [0.15, 0.2) is 11.6 Å². The summed E-state index contributed by atoms with van der Waals surface area (Å²) in [4.78, 5) is 11.4. The molecule has 1 saturated carbocycles. The number of halogens is 2. The van der Waals surface area contributed by atoms with E-state index in [0.717, 1.165) is 34.3 Å². The summed E-state index contributed by atoms with van der Waals surface area (Å²) in [5.41, 5.74) is 6.96. The molecular weight excluding hydrogens is 396 g/mol. The predicted octanol–water partition coefficient (Wildman–Crippen LogP) is 4.91. The molecule has 5 nitrogen and oxygen atoms in total. The molecular formula is C24H31F2N5. The van der Waals surface area contributed by atoms with Crippen LogP contribution < -0.4 is 16.0 Å². The maximum Gasteiger partial charge on any atom is 0.225 e. The van der Waals surface area contributed by atoms with Gasteiger partial charge in [-0.2, -0.15) is 4.98 Å². The highest BCUT2D eigenvalue weighted by Gasteiger charge is 2.16. The molecule has 1 heterocycles. The zero-order valence-electron chi connectivity index (χ0n) is 18.2. The molecule has 1 fully saturated rings. The molecule has 0 spiro atoms. The van der Waals surface area contributed by atoms with Crippen molar-refractivity contribution in [2.45, 2.75) is 44.6 Å². The van der Waals surface area contributed by atoms with Gasteiger partial charge in [0, 0.05) is 25.5 Å². The van der Waals surface area contributed by atoms with Crippen molar-refractivity contribution in [2.75, 3.05) is 30.9 Å². The molecule has 4 rings (SSSR count). The molecule has 1 aliphatic rings. The summed E-state index contributed by atoms with van der Waals surface area (Å²) in [5.74, 6) is 0.120. The number of nitrogens with zero attached hydrogens (tertiary/aromatic N) is 3. The number of hydrogen-bond acceptors (Lipinski definition) is 5. The lowest BCUT2D eigenvalue weighted by molar-refractivity contribution is 0.461. The van der Waals surface area contributed by atoms with Gasteiger partial charge in [0.05, 0.1) is 5.52 Å². The van der Waals surface area contributed by atoms with E-state index in [1.807, 2.05) is 26.2 Å². The van der Waals surface area contributed by atoms with E-state index >= 15 is 0 Å². The Bertz CT molecular complexity index is 987. The minimum atomic E-state index is -0.814. The number of benzene rings is 2. The van der Waals surface area contributed by atoms with Crippen molar-refractivity contribution in [1.29, 1.82) is 0 Å². The van der Waals surface area contributed by atoms with Crippen LogP contribution in [0.15, 0.2) is 42.5 Å². The fourth-order valence-corrected chi connectivity index (χ4v) is 3.76. The summed E-state index contributed by atoms with van der Waals surface area (Å²) >= 11 is 0. The molecule has 166 valence electrons. The Morgan fingerprint density at radius 3 is 2.42 bits per heavy atom. The second-order valence-electron chi connectivity index (χ2n) is 8.05. The topological polar surface area (TPSA) is 67.1 Å². The summed E-state index contributed by atoms with van der Waals surface area (Å²) in [7, 11) is 4.05. The largest absolute Gasteiger partial charge is 0.362 e. The van der Waals surface area contributed by atoms with Crippen molar-refractivity contribution >= 4 is 22.7 Å². The Balaban J connectivity index is 0.000000210. The van der Waals surface area contributed by atoms with Crippen molar-refractivity contribution in [3.8, 4) is 0 Å². The SMILES string of the molecule is CN(C)c1nc(NC2CCCCC2)nc2ccccc12.NCCc1ccc(F)c(F)c1. The minimum Gasteiger partial charge on any atom is -0.362 e. The lowest BCUT2D eigenvalue weighted by Gasteiger charge is -2.23. The lowest BCUT2D eigenvalue weighted by atomic mass is 9.96. The first-order valence-corrected chi connectivity index (χ1v) is 10.8. The van der Waals surface area contributed by atoms with Crippen molar-refractivity contribution < 1.29 is 8.78 Å². The van der Waals surface area contributed by atoms with Crippen molar-refractivity contribution in [1.82, 2.24) is 9.97 Å². The average molecular weight is 428 g/mol. The maximum absolute atomic E-state index is 12.5. The van der Waals surface area contributed by atoms with Gasteiger partial charge < -0.3 is 16.0 Å². The molecule has 3 aromatic rings. The van der Waals surface area contributed by atoms with Gasteiger partial charge in [-0.3, -0.25) is 0 Å². The fourth-order valence-electron chi connectivity index (χ4n) is 3.76. The van der Waals surface area contributed by atoms with E-state index in [0.29, 0.717) is 19.0 Å². The minimum absolute atomic E-state index is 0.449. The molecule has 0 aliphatic heterocycles. The van der Waals surface area contributed by atoms with Crippen LogP contribution in [0.3, 0.4) is 0 Å². The highest BCUT2D eigenvalue weighted by Crippen LogP contribution is 2.26. The van der Waals surface area contributed by atoms with Crippen LogP contribution >= 0.6 is 0 Å². The number of rotatable bonds is 5. The second kappa shape index (κ2) is 11.0. The van der Waals surface area contributed by atoms with Gasteiger partial charge in [-0.05, 0) is 55.6 Å². The summed E-state index contributed by atoms with van der Waals surface area (Å²) in [6, 6.07) is 12.5. The lowest BCUT2D eigenvalue weighted by Crippen LogP contribution is -2.24. The molecule has 0 radical (unpaired) electrons. The molecule has 0 bridgehead atoms. The number of aromatic nitrogens is 2. The standard InChI is InChI=1S/C16H22N4.C8H9F2N/c1-20(2)15-13-10-6-7-11-14(13)18-16(19-15)17-12-8-4-3-5-9-12;9-7-2-1-6(3-4-11)5-8(7)10/h6-7,10-12H,3-5,8-9H2,1-2H3,(H,17,18,19);1-2,5H,3-4,11H2. The first kappa shape index (κ1) is 22.9. The van der Waals surface area contributed by atoms with Crippen LogP contribution in [-0.4, -0.2) is 36.6 Å². The number of hydrogen-bond donors (Lipinski definition) is 2. The highest BCUT2D eigenvalue weighted by atomic mass is 19.2. The van der Waals surface area contributed by atoms with Crippen LogP contribution in [0.1, 0.15) is 37.7 Å². The van der Waals surface area contributed by atoms with Crippen molar-refractivity contribution in [2.24, 2.45) is 5.73 Å². The molecule has 1 aliphatic carbocycles. The summed E-state index contributed by atoms with van der Waals surface area (Å²) < 4.78 is 24.8. The van der Waals surface area contributed by atoms with Crippen LogP contribution in [0.5, 0.6) is 0 Å². The van der Waals surface area contributed by atoms with Gasteiger partial charge in [0.25, 0.3) is 0 Å². The molecule has 31 heavy (non-hydrogen) atoms. The normalized spacial score (nSPS) is 14.1. The molecule has 0 saturated heterocycles. The Morgan fingerprint density at radius 1 is 1.00 bits per heavy atom. The Labute approximate surface area is 182 Å². The Morgan fingerprint density at radius 2 is 1.74 bits per heavy atom. The zero-order chi connectivity index (χ0) is 22.2. The fraction of sp³-hybridized carbons (Fsp3) is 0.417. The summed E-state index contributed by atoms with van der Waals surface area (Å²) in [6.07, 6.45) is 7.02. The first-order chi connectivity index (χ1) is 15.0. The van der Waals surface area contributed by atoms with E-state index in [-0.39, 0.29) is 0 Å². The smallest absolute Gasteiger partial charge is 0.225 e. The van der Waals surface area contributed by atoms with Crippen LogP contribution in [0, 0.1) is 11.6 Å². The molecule has 2 aromatic carbocycles. The second-order valence-corrected chi connectivity index (χ2v) is 8.05. The van der Waals surface area contributed by atoms with E-state index < -0.39 is 11.6 Å². The third-order valence-electron chi connectivity index (χ3n) is 5.36. The number of para-hydroxylation sites is 1. The van der Waals surface area contributed by atoms with Gasteiger partial charge in [-0.15, -0.1) is 0 Å². The molecule has 0 unspecified atom stereocenters. The number of fused-ring (bicyclic) bond motifs is 1. The number of nitrogens with one attached hydrogen (secondary N) is 1. The average Bonchev–Trinajstić information content (AvgIpc) is 2.77. The summed E-state index contributed by atoms with van der Waals surface area (Å²) in [6.45, 7) is 0.449. The van der Waals surface area contributed by atoms with Gasteiger partial charge in [-0.25, -0.2) is 13.8 Å².